The second-order valence-electron chi connectivity index (χ2n) is 1.98. The number of esters is 2. The zero-order valence-corrected chi connectivity index (χ0v) is 7.56. The molecule has 0 N–H and O–H groups in total. The zero-order chi connectivity index (χ0) is 11.0. The van der Waals surface area contributed by atoms with Crippen molar-refractivity contribution in [1.82, 2.24) is 0 Å². The van der Waals surface area contributed by atoms with E-state index in [9.17, 15) is 9.59 Å². The summed E-state index contributed by atoms with van der Waals surface area (Å²) in [5.41, 5.74) is -0.0169. The summed E-state index contributed by atoms with van der Waals surface area (Å²) in [5.74, 6) is -1.45. The molecule has 4 nitrogen and oxygen atoms in total. The van der Waals surface area contributed by atoms with E-state index >= 15 is 0 Å². The van der Waals surface area contributed by atoms with Crippen molar-refractivity contribution >= 4 is 11.9 Å². The number of ether oxygens (including phenoxy) is 2. The Morgan fingerprint density at radius 3 is 2.00 bits per heavy atom. The van der Waals surface area contributed by atoms with Crippen LogP contribution in [-0.4, -0.2) is 11.9 Å². The summed E-state index contributed by atoms with van der Waals surface area (Å²) in [6, 6.07) is 0. The maximum absolute atomic E-state index is 11.0. The molecule has 0 saturated carbocycles. The summed E-state index contributed by atoms with van der Waals surface area (Å²) in [7, 11) is 0. The summed E-state index contributed by atoms with van der Waals surface area (Å²) >= 11 is 0. The average molecular weight is 194 g/mol. The second-order valence-corrected chi connectivity index (χ2v) is 1.98. The maximum atomic E-state index is 11.0. The molecule has 0 fully saturated rings. The second kappa shape index (κ2) is 6.42. The molecule has 0 aliphatic rings. The molecule has 0 aromatic rings. The molecule has 0 radical (unpaired) electrons. The molecule has 0 spiro atoms. The molecule has 0 aliphatic heterocycles. The molecular weight excluding hydrogens is 184 g/mol. The number of hydrogen-bond acceptors (Lipinski definition) is 4. The highest BCUT2D eigenvalue weighted by atomic mass is 16.5. The van der Waals surface area contributed by atoms with Gasteiger partial charge in [-0.3, -0.25) is 0 Å². The van der Waals surface area contributed by atoms with Crippen LogP contribution in [0.2, 0.25) is 0 Å². The molecule has 0 saturated heterocycles. The molecule has 0 aromatic heterocycles. The van der Waals surface area contributed by atoms with Crippen molar-refractivity contribution in [2.75, 3.05) is 0 Å². The molecule has 14 heavy (non-hydrogen) atoms. The van der Waals surface area contributed by atoms with Crippen molar-refractivity contribution in [3.8, 4) is 0 Å². The minimum Gasteiger partial charge on any atom is -0.432 e. The largest absolute Gasteiger partial charge is 0.432 e. The van der Waals surface area contributed by atoms with Crippen LogP contribution in [0.25, 0.3) is 0 Å². The Morgan fingerprint density at radius 1 is 1.00 bits per heavy atom. The first-order valence-electron chi connectivity index (χ1n) is 3.63. The molecule has 0 amide bonds. The first-order chi connectivity index (χ1) is 6.65. The first-order valence-corrected chi connectivity index (χ1v) is 3.63. The van der Waals surface area contributed by atoms with E-state index in [1.165, 1.54) is 6.08 Å². The fourth-order valence-electron chi connectivity index (χ4n) is 0.588. The Kier molecular flexibility index (Phi) is 5.46. The smallest absolute Gasteiger partial charge is 0.343 e. The molecule has 0 atom stereocenters. The van der Waals surface area contributed by atoms with Gasteiger partial charge in [0, 0.05) is 6.08 Å². The SMILES string of the molecule is C=COC(=O)C=C(C=C)C(=O)OC=C. The number of rotatable bonds is 5. The van der Waals surface area contributed by atoms with Crippen molar-refractivity contribution in [2.45, 2.75) is 0 Å². The van der Waals surface area contributed by atoms with E-state index in [2.05, 4.69) is 29.2 Å². The van der Waals surface area contributed by atoms with Crippen molar-refractivity contribution < 1.29 is 19.1 Å². The lowest BCUT2D eigenvalue weighted by Gasteiger charge is -1.98. The molecule has 0 rings (SSSR count). The van der Waals surface area contributed by atoms with E-state index in [1.807, 2.05) is 0 Å². The van der Waals surface area contributed by atoms with Crippen molar-refractivity contribution in [3.63, 3.8) is 0 Å². The molecule has 0 aromatic carbocycles. The molecular formula is C10H10O4. The highest BCUT2D eigenvalue weighted by molar-refractivity contribution is 5.98. The third-order valence-electron chi connectivity index (χ3n) is 1.12. The molecule has 0 aliphatic carbocycles. The van der Waals surface area contributed by atoms with Crippen LogP contribution in [0.4, 0.5) is 0 Å². The third-order valence-corrected chi connectivity index (χ3v) is 1.12. The van der Waals surface area contributed by atoms with Crippen molar-refractivity contribution in [1.29, 1.82) is 0 Å². The minimum atomic E-state index is -0.726. The van der Waals surface area contributed by atoms with Crippen LogP contribution in [0.1, 0.15) is 0 Å². The number of carbonyl (C=O) groups excluding carboxylic acids is 2. The van der Waals surface area contributed by atoms with E-state index < -0.39 is 11.9 Å². The fraction of sp³-hybridized carbons (Fsp3) is 0. The topological polar surface area (TPSA) is 52.6 Å². The summed E-state index contributed by atoms with van der Waals surface area (Å²) in [6.45, 7) is 9.72. The van der Waals surface area contributed by atoms with Crippen LogP contribution in [0.15, 0.2) is 50.0 Å². The van der Waals surface area contributed by atoms with Crippen LogP contribution in [0, 0.1) is 0 Å². The fourth-order valence-corrected chi connectivity index (χ4v) is 0.588. The minimum absolute atomic E-state index is 0.0169. The van der Waals surface area contributed by atoms with Crippen LogP contribution in [0.5, 0.6) is 0 Å². The summed E-state index contributed by atoms with van der Waals surface area (Å²) in [4.78, 5) is 21.9. The average Bonchev–Trinajstić information content (AvgIpc) is 2.15. The summed E-state index contributed by atoms with van der Waals surface area (Å²) < 4.78 is 8.80. The van der Waals surface area contributed by atoms with Crippen LogP contribution in [-0.2, 0) is 19.1 Å². The van der Waals surface area contributed by atoms with Crippen LogP contribution < -0.4 is 0 Å². The number of carbonyl (C=O) groups is 2. The lowest BCUT2D eigenvalue weighted by Crippen LogP contribution is -2.05. The quantitative estimate of drug-likeness (QED) is 0.288. The monoisotopic (exact) mass is 194 g/mol. The third kappa shape index (κ3) is 4.06. The Labute approximate surface area is 81.8 Å². The Morgan fingerprint density at radius 2 is 1.57 bits per heavy atom. The van der Waals surface area contributed by atoms with Crippen LogP contribution >= 0.6 is 0 Å². The predicted octanol–water partition coefficient (Wildman–Crippen LogP) is 1.47. The van der Waals surface area contributed by atoms with E-state index in [-0.39, 0.29) is 5.57 Å². The van der Waals surface area contributed by atoms with E-state index in [1.54, 1.807) is 0 Å². The number of hydrogen-bond donors (Lipinski definition) is 0. The lowest BCUT2D eigenvalue weighted by atomic mass is 10.2. The molecule has 4 heteroatoms. The van der Waals surface area contributed by atoms with E-state index in [0.29, 0.717) is 0 Å². The van der Waals surface area contributed by atoms with Gasteiger partial charge < -0.3 is 9.47 Å². The van der Waals surface area contributed by atoms with Gasteiger partial charge in [0.2, 0.25) is 0 Å². The van der Waals surface area contributed by atoms with Gasteiger partial charge in [0.1, 0.15) is 0 Å². The van der Waals surface area contributed by atoms with Gasteiger partial charge in [-0.2, -0.15) is 0 Å². The predicted molar refractivity (Wildman–Crippen MR) is 50.9 cm³/mol. The van der Waals surface area contributed by atoms with Gasteiger partial charge in [-0.25, -0.2) is 9.59 Å². The molecule has 74 valence electrons. The zero-order valence-electron chi connectivity index (χ0n) is 7.56. The van der Waals surface area contributed by atoms with Gasteiger partial charge in [0.25, 0.3) is 0 Å². The Hall–Kier alpha value is -2.10. The molecule has 0 unspecified atom stereocenters. The highest BCUT2D eigenvalue weighted by Crippen LogP contribution is 2.00. The standard InChI is InChI=1S/C10H10O4/c1-4-8(10(12)14-6-3)7-9(11)13-5-2/h4-7H,1-3H2. The molecule has 0 heterocycles. The Balaban J connectivity index is 4.61. The van der Waals surface area contributed by atoms with Crippen molar-refractivity contribution in [3.05, 3.63) is 50.0 Å². The van der Waals surface area contributed by atoms with Gasteiger partial charge in [0.05, 0.1) is 18.1 Å². The highest BCUT2D eigenvalue weighted by Gasteiger charge is 2.08. The normalized spacial score (nSPS) is 9.86. The van der Waals surface area contributed by atoms with Gasteiger partial charge >= 0.3 is 11.9 Å². The maximum Gasteiger partial charge on any atom is 0.343 e. The Bertz CT molecular complexity index is 299. The van der Waals surface area contributed by atoms with E-state index in [0.717, 1.165) is 18.6 Å². The first kappa shape index (κ1) is 11.9. The lowest BCUT2D eigenvalue weighted by molar-refractivity contribution is -0.135. The summed E-state index contributed by atoms with van der Waals surface area (Å²) in [5, 5.41) is 0. The van der Waals surface area contributed by atoms with Crippen LogP contribution in [0.3, 0.4) is 0 Å². The van der Waals surface area contributed by atoms with Crippen molar-refractivity contribution in [2.24, 2.45) is 0 Å². The summed E-state index contributed by atoms with van der Waals surface area (Å²) in [6.07, 6.45) is 4.04. The van der Waals surface area contributed by atoms with Gasteiger partial charge in [-0.15, -0.1) is 0 Å². The van der Waals surface area contributed by atoms with E-state index in [4.69, 9.17) is 0 Å². The molecule has 0 bridgehead atoms. The van der Waals surface area contributed by atoms with Gasteiger partial charge in [-0.1, -0.05) is 25.8 Å². The van der Waals surface area contributed by atoms with Gasteiger partial charge in [-0.05, 0) is 0 Å². The van der Waals surface area contributed by atoms with Gasteiger partial charge in [0.15, 0.2) is 0 Å².